The van der Waals surface area contributed by atoms with Crippen molar-refractivity contribution in [1.29, 1.82) is 0 Å². The molecule has 68 valence electrons. The van der Waals surface area contributed by atoms with E-state index < -0.39 is 12.5 Å². The summed E-state index contributed by atoms with van der Waals surface area (Å²) in [6.07, 6.45) is -3.61. The summed E-state index contributed by atoms with van der Waals surface area (Å²) in [5, 5.41) is 0. The maximum absolute atomic E-state index is 12.4. The fourth-order valence-electron chi connectivity index (χ4n) is 0.783. The minimum absolute atomic E-state index is 0.0756. The predicted molar refractivity (Wildman–Crippen MR) is 33.9 cm³/mol. The molecule has 0 radical (unpaired) electrons. The molecule has 0 aliphatic rings. The maximum atomic E-state index is 12.4. The van der Waals surface area contributed by atoms with Crippen LogP contribution >= 0.6 is 0 Å². The van der Waals surface area contributed by atoms with Crippen molar-refractivity contribution in [1.82, 2.24) is 4.90 Å². The second kappa shape index (κ2) is 3.90. The fraction of sp³-hybridized carbons (Fsp3) is 1.00. The second-order valence-electron chi connectivity index (χ2n) is 2.06. The average Bonchev–Trinajstić information content (AvgIpc) is 1.89. The molecule has 0 bridgehead atoms. The van der Waals surface area contributed by atoms with Gasteiger partial charge in [0, 0.05) is 13.1 Å². The molecule has 0 fully saturated rings. The number of rotatable bonds is 4. The van der Waals surface area contributed by atoms with Crippen LogP contribution in [-0.4, -0.2) is 30.5 Å². The summed E-state index contributed by atoms with van der Waals surface area (Å²) in [7, 11) is 0. The lowest BCUT2D eigenvalue weighted by Crippen LogP contribution is -2.46. The molecule has 0 atom stereocenters. The number of nitrogens with zero attached hydrogens (tertiary/aromatic N) is 1. The third kappa shape index (κ3) is 2.32. The molecule has 0 heterocycles. The van der Waals surface area contributed by atoms with Gasteiger partial charge >= 0.3 is 12.5 Å². The van der Waals surface area contributed by atoms with E-state index in [-0.39, 0.29) is 13.1 Å². The Bertz CT molecular complexity index is 111. The van der Waals surface area contributed by atoms with Crippen molar-refractivity contribution < 1.29 is 17.6 Å². The SMILES string of the molecule is CCN(CC)C(F)(F)C(F)F. The summed E-state index contributed by atoms with van der Waals surface area (Å²) in [5.74, 6) is 0. The largest absolute Gasteiger partial charge is 0.364 e. The van der Waals surface area contributed by atoms with Crippen molar-refractivity contribution in [3.8, 4) is 0 Å². The quantitative estimate of drug-likeness (QED) is 0.465. The first kappa shape index (κ1) is 10.7. The van der Waals surface area contributed by atoms with E-state index in [9.17, 15) is 17.6 Å². The Morgan fingerprint density at radius 2 is 1.55 bits per heavy atom. The molecule has 0 N–H and O–H groups in total. The molecule has 0 aromatic rings. The van der Waals surface area contributed by atoms with Gasteiger partial charge in [-0.15, -0.1) is 0 Å². The van der Waals surface area contributed by atoms with E-state index in [4.69, 9.17) is 0 Å². The van der Waals surface area contributed by atoms with Gasteiger partial charge in [-0.1, -0.05) is 13.8 Å². The predicted octanol–water partition coefficient (Wildman–Crippen LogP) is 2.19. The standard InChI is InChI=1S/C6H11F4N/c1-3-11(4-2)6(9,10)5(7)8/h5H,3-4H2,1-2H3. The molecule has 0 spiro atoms. The van der Waals surface area contributed by atoms with Crippen LogP contribution in [-0.2, 0) is 0 Å². The highest BCUT2D eigenvalue weighted by Crippen LogP contribution is 2.26. The molecule has 0 rings (SSSR count). The summed E-state index contributed by atoms with van der Waals surface area (Å²) >= 11 is 0. The van der Waals surface area contributed by atoms with Gasteiger partial charge in [0.25, 0.3) is 0 Å². The zero-order valence-electron chi connectivity index (χ0n) is 6.45. The molecule has 0 saturated carbocycles. The Kier molecular flexibility index (Phi) is 3.78. The molecule has 0 saturated heterocycles. The smallest absolute Gasteiger partial charge is 0.240 e. The Balaban J connectivity index is 4.24. The van der Waals surface area contributed by atoms with Crippen LogP contribution in [0.4, 0.5) is 17.6 Å². The van der Waals surface area contributed by atoms with Crippen LogP contribution < -0.4 is 0 Å². The van der Waals surface area contributed by atoms with E-state index in [0.29, 0.717) is 4.90 Å². The van der Waals surface area contributed by atoms with Crippen LogP contribution in [0.1, 0.15) is 13.8 Å². The van der Waals surface area contributed by atoms with Gasteiger partial charge in [-0.3, -0.25) is 0 Å². The number of hydrogen-bond acceptors (Lipinski definition) is 1. The van der Waals surface area contributed by atoms with E-state index in [1.54, 1.807) is 0 Å². The lowest BCUT2D eigenvalue weighted by atomic mass is 10.4. The van der Waals surface area contributed by atoms with Crippen LogP contribution in [0.2, 0.25) is 0 Å². The molecular weight excluding hydrogens is 162 g/mol. The van der Waals surface area contributed by atoms with Crippen LogP contribution in [0.5, 0.6) is 0 Å². The lowest BCUT2D eigenvalue weighted by Gasteiger charge is -2.27. The molecule has 0 aliphatic carbocycles. The van der Waals surface area contributed by atoms with Crippen LogP contribution in [0, 0.1) is 0 Å². The van der Waals surface area contributed by atoms with E-state index >= 15 is 0 Å². The van der Waals surface area contributed by atoms with Gasteiger partial charge < -0.3 is 0 Å². The highest BCUT2D eigenvalue weighted by atomic mass is 19.3. The summed E-state index contributed by atoms with van der Waals surface area (Å²) < 4.78 is 48.1. The van der Waals surface area contributed by atoms with E-state index in [1.165, 1.54) is 13.8 Å². The minimum atomic E-state index is -3.98. The topological polar surface area (TPSA) is 3.24 Å². The van der Waals surface area contributed by atoms with Gasteiger partial charge in [-0.25, -0.2) is 13.7 Å². The third-order valence-corrected chi connectivity index (χ3v) is 1.45. The van der Waals surface area contributed by atoms with Crippen molar-refractivity contribution in [2.24, 2.45) is 0 Å². The highest BCUT2D eigenvalue weighted by molar-refractivity contribution is 4.69. The Morgan fingerprint density at radius 3 is 1.64 bits per heavy atom. The molecule has 0 aromatic carbocycles. The third-order valence-electron chi connectivity index (χ3n) is 1.45. The zero-order chi connectivity index (χ0) is 9.07. The second-order valence-corrected chi connectivity index (χ2v) is 2.06. The lowest BCUT2D eigenvalue weighted by molar-refractivity contribution is -0.224. The van der Waals surface area contributed by atoms with Crippen molar-refractivity contribution >= 4 is 0 Å². The normalized spacial score (nSPS) is 13.1. The zero-order valence-corrected chi connectivity index (χ0v) is 6.45. The van der Waals surface area contributed by atoms with Crippen molar-refractivity contribution in [2.75, 3.05) is 13.1 Å². The van der Waals surface area contributed by atoms with Crippen molar-refractivity contribution in [3.05, 3.63) is 0 Å². The first-order valence-corrected chi connectivity index (χ1v) is 3.37. The Hall–Kier alpha value is -0.320. The van der Waals surface area contributed by atoms with Crippen LogP contribution in [0.3, 0.4) is 0 Å². The first-order valence-electron chi connectivity index (χ1n) is 3.37. The summed E-state index contributed by atoms with van der Waals surface area (Å²) in [6, 6.07) is -3.98. The fourth-order valence-corrected chi connectivity index (χ4v) is 0.783. The highest BCUT2D eigenvalue weighted by Gasteiger charge is 2.45. The summed E-state index contributed by atoms with van der Waals surface area (Å²) in [6.45, 7) is 2.68. The van der Waals surface area contributed by atoms with Gasteiger partial charge in [0.15, 0.2) is 0 Å². The molecule has 1 nitrogen and oxygen atoms in total. The first-order chi connectivity index (χ1) is 4.96. The monoisotopic (exact) mass is 173 g/mol. The average molecular weight is 173 g/mol. The van der Waals surface area contributed by atoms with Crippen molar-refractivity contribution in [3.63, 3.8) is 0 Å². The number of alkyl halides is 4. The van der Waals surface area contributed by atoms with Crippen LogP contribution in [0.25, 0.3) is 0 Å². The summed E-state index contributed by atoms with van der Waals surface area (Å²) in [4.78, 5) is 0.428. The van der Waals surface area contributed by atoms with Gasteiger partial charge in [-0.2, -0.15) is 8.78 Å². The van der Waals surface area contributed by atoms with Gasteiger partial charge in [0.2, 0.25) is 0 Å². The van der Waals surface area contributed by atoms with Gasteiger partial charge in [0.1, 0.15) is 0 Å². The maximum Gasteiger partial charge on any atom is 0.364 e. The van der Waals surface area contributed by atoms with Gasteiger partial charge in [0.05, 0.1) is 0 Å². The molecule has 0 aliphatic heterocycles. The van der Waals surface area contributed by atoms with E-state index in [1.807, 2.05) is 0 Å². The molecule has 11 heavy (non-hydrogen) atoms. The van der Waals surface area contributed by atoms with Crippen LogP contribution in [0.15, 0.2) is 0 Å². The Morgan fingerprint density at radius 1 is 1.18 bits per heavy atom. The van der Waals surface area contributed by atoms with Gasteiger partial charge in [-0.05, 0) is 0 Å². The molecular formula is C6H11F4N. The number of halogens is 4. The Labute approximate surface area is 63.0 Å². The molecule has 0 amide bonds. The summed E-state index contributed by atoms with van der Waals surface area (Å²) in [5.41, 5.74) is 0. The van der Waals surface area contributed by atoms with E-state index in [2.05, 4.69) is 0 Å². The minimum Gasteiger partial charge on any atom is -0.240 e. The molecule has 5 heteroatoms. The van der Waals surface area contributed by atoms with Crippen molar-refractivity contribution in [2.45, 2.75) is 26.3 Å². The molecule has 0 aromatic heterocycles. The van der Waals surface area contributed by atoms with E-state index in [0.717, 1.165) is 0 Å². The number of hydrogen-bond donors (Lipinski definition) is 0. The molecule has 0 unspecified atom stereocenters.